The molecule has 5 heteroatoms. The second kappa shape index (κ2) is 8.56. The van der Waals surface area contributed by atoms with E-state index in [1.807, 2.05) is 7.05 Å². The number of hydrogen-bond acceptors (Lipinski definition) is 3. The van der Waals surface area contributed by atoms with Gasteiger partial charge in [-0.05, 0) is 37.0 Å². The molecule has 0 spiro atoms. The van der Waals surface area contributed by atoms with Crippen LogP contribution in [0.3, 0.4) is 0 Å². The van der Waals surface area contributed by atoms with Crippen LogP contribution in [0, 0.1) is 0 Å². The fourth-order valence-electron chi connectivity index (χ4n) is 3.99. The smallest absolute Gasteiger partial charge is 0.191 e. The summed E-state index contributed by atoms with van der Waals surface area (Å²) in [4.78, 5) is 9.20. The Balaban J connectivity index is 1.45. The van der Waals surface area contributed by atoms with Crippen molar-refractivity contribution in [2.24, 2.45) is 4.99 Å². The van der Waals surface area contributed by atoms with Crippen molar-refractivity contribution in [2.75, 3.05) is 39.1 Å². The van der Waals surface area contributed by atoms with Gasteiger partial charge in [0.15, 0.2) is 5.96 Å². The summed E-state index contributed by atoms with van der Waals surface area (Å²) in [5.41, 5.74) is 2.50. The minimum Gasteiger partial charge on any atom is -0.378 e. The number of likely N-dealkylation sites (tertiary alicyclic amines) is 1. The number of benzene rings is 1. The molecule has 1 aromatic carbocycles. The topological polar surface area (TPSA) is 42.9 Å². The molecule has 2 N–H and O–H groups in total. The third kappa shape index (κ3) is 4.88. The van der Waals surface area contributed by atoms with Gasteiger partial charge in [0.1, 0.15) is 0 Å². The van der Waals surface area contributed by atoms with Crippen LogP contribution >= 0.6 is 0 Å². The molecule has 138 valence electrons. The Bertz CT molecular complexity index is 560. The second-order valence-corrected chi connectivity index (χ2v) is 7.55. The minimum absolute atomic E-state index is 0.517. The predicted octanol–water partition coefficient (Wildman–Crippen LogP) is 2.43. The van der Waals surface area contributed by atoms with Crippen molar-refractivity contribution in [1.82, 2.24) is 15.5 Å². The Morgan fingerprint density at radius 2 is 1.88 bits per heavy atom. The van der Waals surface area contributed by atoms with Gasteiger partial charge in [-0.1, -0.05) is 25.0 Å². The van der Waals surface area contributed by atoms with Gasteiger partial charge in [0.25, 0.3) is 0 Å². The van der Waals surface area contributed by atoms with E-state index in [0.717, 1.165) is 25.1 Å². The molecule has 0 bridgehead atoms. The van der Waals surface area contributed by atoms with Gasteiger partial charge in [-0.25, -0.2) is 0 Å². The summed E-state index contributed by atoms with van der Waals surface area (Å²) >= 11 is 0. The molecule has 1 atom stereocenters. The van der Waals surface area contributed by atoms with Crippen LogP contribution in [-0.2, 0) is 6.54 Å². The fraction of sp³-hybridized carbons (Fsp3) is 0.650. The molecular formula is C20H33N5. The monoisotopic (exact) mass is 343 g/mol. The lowest BCUT2D eigenvalue weighted by atomic mass is 10.2. The number of anilines is 1. The highest BCUT2D eigenvalue weighted by atomic mass is 15.3. The van der Waals surface area contributed by atoms with E-state index >= 15 is 0 Å². The second-order valence-electron chi connectivity index (χ2n) is 7.55. The quantitative estimate of drug-likeness (QED) is 0.637. The first-order chi connectivity index (χ1) is 12.2. The summed E-state index contributed by atoms with van der Waals surface area (Å²) < 4.78 is 0. The first-order valence-electron chi connectivity index (χ1n) is 9.63. The Morgan fingerprint density at radius 1 is 1.16 bits per heavy atom. The van der Waals surface area contributed by atoms with Crippen LogP contribution in [0.15, 0.2) is 29.3 Å². The Morgan fingerprint density at radius 3 is 2.52 bits per heavy atom. The Labute approximate surface area is 152 Å². The molecule has 5 nitrogen and oxygen atoms in total. The summed E-state index contributed by atoms with van der Waals surface area (Å²) in [5, 5.41) is 7.06. The standard InChI is InChI=1S/C20H33N5/c1-21-20(22-14-16-8-10-18(11-9-16)24(2)3)23-17-12-13-25(15-17)19-6-4-5-7-19/h8-11,17,19H,4-7,12-15H2,1-3H3,(H2,21,22,23). The summed E-state index contributed by atoms with van der Waals surface area (Å²) in [5.74, 6) is 0.912. The van der Waals surface area contributed by atoms with E-state index in [1.54, 1.807) is 0 Å². The van der Waals surface area contributed by atoms with Crippen molar-refractivity contribution in [3.63, 3.8) is 0 Å². The van der Waals surface area contributed by atoms with Crippen molar-refractivity contribution >= 4 is 11.6 Å². The van der Waals surface area contributed by atoms with Gasteiger partial charge < -0.3 is 15.5 Å². The maximum absolute atomic E-state index is 4.40. The van der Waals surface area contributed by atoms with Gasteiger partial charge in [0, 0.05) is 58.5 Å². The van der Waals surface area contributed by atoms with Crippen LogP contribution in [0.5, 0.6) is 0 Å². The lowest BCUT2D eigenvalue weighted by Gasteiger charge is -2.24. The van der Waals surface area contributed by atoms with Crippen molar-refractivity contribution in [2.45, 2.75) is 50.7 Å². The molecule has 1 heterocycles. The third-order valence-corrected chi connectivity index (χ3v) is 5.54. The van der Waals surface area contributed by atoms with Crippen LogP contribution in [0.25, 0.3) is 0 Å². The van der Waals surface area contributed by atoms with Crippen molar-refractivity contribution in [3.8, 4) is 0 Å². The highest BCUT2D eigenvalue weighted by Crippen LogP contribution is 2.26. The molecule has 1 aliphatic heterocycles. The lowest BCUT2D eigenvalue weighted by molar-refractivity contribution is 0.242. The van der Waals surface area contributed by atoms with Crippen LogP contribution < -0.4 is 15.5 Å². The predicted molar refractivity (Wildman–Crippen MR) is 106 cm³/mol. The summed E-state index contributed by atoms with van der Waals surface area (Å²) in [7, 11) is 5.99. The molecule has 0 radical (unpaired) electrons. The minimum atomic E-state index is 0.517. The van der Waals surface area contributed by atoms with Crippen LogP contribution in [0.4, 0.5) is 5.69 Å². The van der Waals surface area contributed by atoms with Crippen molar-refractivity contribution in [1.29, 1.82) is 0 Å². The summed E-state index contributed by atoms with van der Waals surface area (Å²) in [6.07, 6.45) is 6.82. The van der Waals surface area contributed by atoms with E-state index in [1.165, 1.54) is 49.9 Å². The average Bonchev–Trinajstić information content (AvgIpc) is 3.30. The third-order valence-electron chi connectivity index (χ3n) is 5.54. The lowest BCUT2D eigenvalue weighted by Crippen LogP contribution is -2.45. The number of nitrogens with zero attached hydrogens (tertiary/aromatic N) is 3. The highest BCUT2D eigenvalue weighted by Gasteiger charge is 2.30. The van der Waals surface area contributed by atoms with Crippen LogP contribution in [-0.4, -0.2) is 57.2 Å². The van der Waals surface area contributed by atoms with E-state index < -0.39 is 0 Å². The molecule has 1 saturated heterocycles. The van der Waals surface area contributed by atoms with Gasteiger partial charge >= 0.3 is 0 Å². The maximum Gasteiger partial charge on any atom is 0.191 e. The van der Waals surface area contributed by atoms with Gasteiger partial charge in [0.05, 0.1) is 0 Å². The van der Waals surface area contributed by atoms with Crippen LogP contribution in [0.1, 0.15) is 37.7 Å². The molecule has 2 aliphatic rings. The van der Waals surface area contributed by atoms with E-state index in [-0.39, 0.29) is 0 Å². The molecule has 1 aromatic rings. The van der Waals surface area contributed by atoms with Crippen LogP contribution in [0.2, 0.25) is 0 Å². The number of nitrogens with one attached hydrogen (secondary N) is 2. The first-order valence-corrected chi connectivity index (χ1v) is 9.63. The molecule has 0 aromatic heterocycles. The molecule has 25 heavy (non-hydrogen) atoms. The largest absolute Gasteiger partial charge is 0.378 e. The normalized spacial score (nSPS) is 22.4. The molecule has 3 rings (SSSR count). The fourth-order valence-corrected chi connectivity index (χ4v) is 3.99. The van der Waals surface area contributed by atoms with E-state index in [4.69, 9.17) is 0 Å². The Hall–Kier alpha value is -1.75. The van der Waals surface area contributed by atoms with E-state index in [0.29, 0.717) is 6.04 Å². The SMILES string of the molecule is CN=C(NCc1ccc(N(C)C)cc1)NC1CCN(C2CCCC2)C1. The zero-order valence-corrected chi connectivity index (χ0v) is 16.0. The van der Waals surface area contributed by atoms with Crippen molar-refractivity contribution < 1.29 is 0 Å². The van der Waals surface area contributed by atoms with Gasteiger partial charge in [-0.15, -0.1) is 0 Å². The van der Waals surface area contributed by atoms with Gasteiger partial charge in [0.2, 0.25) is 0 Å². The molecule has 2 fully saturated rings. The number of guanidine groups is 1. The van der Waals surface area contributed by atoms with E-state index in [2.05, 4.69) is 63.8 Å². The summed E-state index contributed by atoms with van der Waals surface area (Å²) in [6.45, 7) is 3.18. The van der Waals surface area contributed by atoms with Gasteiger partial charge in [-0.3, -0.25) is 9.89 Å². The first kappa shape index (κ1) is 18.1. The number of rotatable bonds is 5. The van der Waals surface area contributed by atoms with E-state index in [9.17, 15) is 0 Å². The zero-order valence-electron chi connectivity index (χ0n) is 16.0. The average molecular weight is 344 g/mol. The molecular weight excluding hydrogens is 310 g/mol. The Kier molecular flexibility index (Phi) is 6.19. The number of hydrogen-bond donors (Lipinski definition) is 2. The highest BCUT2D eigenvalue weighted by molar-refractivity contribution is 5.80. The maximum atomic E-state index is 4.40. The van der Waals surface area contributed by atoms with Crippen molar-refractivity contribution in [3.05, 3.63) is 29.8 Å². The molecule has 1 unspecified atom stereocenters. The van der Waals surface area contributed by atoms with Gasteiger partial charge in [-0.2, -0.15) is 0 Å². The zero-order chi connectivity index (χ0) is 17.6. The number of aliphatic imine (C=N–C) groups is 1. The molecule has 1 saturated carbocycles. The molecule has 0 amide bonds. The summed E-state index contributed by atoms with van der Waals surface area (Å²) in [6, 6.07) is 10.0. The molecule has 1 aliphatic carbocycles.